The van der Waals surface area contributed by atoms with Crippen molar-refractivity contribution in [1.82, 2.24) is 20.0 Å². The highest BCUT2D eigenvalue weighted by Crippen LogP contribution is 2.46. The minimum Gasteiger partial charge on any atom is -0.352 e. The molecule has 1 saturated carbocycles. The van der Waals surface area contributed by atoms with Crippen LogP contribution in [0.15, 0.2) is 0 Å². The second-order valence-electron chi connectivity index (χ2n) is 7.45. The van der Waals surface area contributed by atoms with Crippen molar-refractivity contribution in [3.8, 4) is 0 Å². The maximum Gasteiger partial charge on any atom is 0.436 e. The summed E-state index contributed by atoms with van der Waals surface area (Å²) in [4.78, 5) is 14.7. The Morgan fingerprint density at radius 1 is 1.27 bits per heavy atom. The molecule has 2 fully saturated rings. The minimum absolute atomic E-state index is 0.0341. The molecule has 146 valence electrons. The lowest BCUT2D eigenvalue weighted by Crippen LogP contribution is -2.47. The van der Waals surface area contributed by atoms with Crippen LogP contribution in [0, 0.1) is 0 Å². The molecule has 5 nitrogen and oxygen atoms in total. The van der Waals surface area contributed by atoms with Gasteiger partial charge >= 0.3 is 6.18 Å². The van der Waals surface area contributed by atoms with Crippen molar-refractivity contribution in [3.63, 3.8) is 0 Å². The molecule has 9 heteroatoms. The SMILES string of the molecule is CC(C)N1CCC(NC(=O)Cn2nc(C(F)(F)F)c(Cl)c2C2CC2)CC1. The first-order chi connectivity index (χ1) is 12.2. The number of rotatable bonds is 5. The Balaban J connectivity index is 1.64. The van der Waals surface area contributed by atoms with Gasteiger partial charge in [0.1, 0.15) is 6.54 Å². The average molecular weight is 393 g/mol. The van der Waals surface area contributed by atoms with Gasteiger partial charge in [0, 0.05) is 31.1 Å². The van der Waals surface area contributed by atoms with Crippen molar-refractivity contribution in [1.29, 1.82) is 0 Å². The van der Waals surface area contributed by atoms with Crippen molar-refractivity contribution in [2.75, 3.05) is 13.1 Å². The number of halogens is 4. The van der Waals surface area contributed by atoms with Crippen molar-refractivity contribution >= 4 is 17.5 Å². The summed E-state index contributed by atoms with van der Waals surface area (Å²) in [7, 11) is 0. The fourth-order valence-electron chi connectivity index (χ4n) is 3.47. The molecule has 1 aromatic heterocycles. The molecule has 0 spiro atoms. The van der Waals surface area contributed by atoms with Crippen LogP contribution in [0.2, 0.25) is 5.02 Å². The molecule has 1 aliphatic carbocycles. The molecule has 0 aromatic carbocycles. The zero-order valence-electron chi connectivity index (χ0n) is 14.9. The first kappa shape index (κ1) is 19.5. The van der Waals surface area contributed by atoms with Crippen LogP contribution in [0.1, 0.15) is 56.8 Å². The van der Waals surface area contributed by atoms with Gasteiger partial charge < -0.3 is 10.2 Å². The summed E-state index contributed by atoms with van der Waals surface area (Å²) in [6.45, 7) is 5.85. The van der Waals surface area contributed by atoms with E-state index in [0.717, 1.165) is 43.5 Å². The van der Waals surface area contributed by atoms with Gasteiger partial charge in [0.15, 0.2) is 5.69 Å². The topological polar surface area (TPSA) is 50.2 Å². The Morgan fingerprint density at radius 2 is 1.88 bits per heavy atom. The number of amides is 1. The Bertz CT molecular complexity index is 662. The van der Waals surface area contributed by atoms with E-state index in [9.17, 15) is 18.0 Å². The molecule has 1 amide bonds. The number of piperidine rings is 1. The zero-order chi connectivity index (χ0) is 19.1. The number of carbonyl (C=O) groups is 1. The minimum atomic E-state index is -4.62. The molecule has 3 rings (SSSR count). The normalized spacial score (nSPS) is 20.0. The van der Waals surface area contributed by atoms with E-state index in [0.29, 0.717) is 11.7 Å². The molecular weight excluding hydrogens is 369 g/mol. The first-order valence-corrected chi connectivity index (χ1v) is 9.41. The number of nitrogens with zero attached hydrogens (tertiary/aromatic N) is 3. The van der Waals surface area contributed by atoms with Gasteiger partial charge in [0.2, 0.25) is 5.91 Å². The monoisotopic (exact) mass is 392 g/mol. The van der Waals surface area contributed by atoms with E-state index in [1.807, 2.05) is 0 Å². The molecule has 1 N–H and O–H groups in total. The molecule has 0 atom stereocenters. The number of nitrogens with one attached hydrogen (secondary N) is 1. The van der Waals surface area contributed by atoms with Gasteiger partial charge in [-0.15, -0.1) is 0 Å². The third-order valence-corrected chi connectivity index (χ3v) is 5.46. The summed E-state index contributed by atoms with van der Waals surface area (Å²) in [5.74, 6) is -0.351. The van der Waals surface area contributed by atoms with Crippen LogP contribution < -0.4 is 5.32 Å². The van der Waals surface area contributed by atoms with Gasteiger partial charge in [-0.1, -0.05) is 11.6 Å². The second kappa shape index (κ2) is 7.38. The summed E-state index contributed by atoms with van der Waals surface area (Å²) < 4.78 is 40.4. The predicted molar refractivity (Wildman–Crippen MR) is 92.1 cm³/mol. The molecular formula is C17H24ClF3N4O. The Kier molecular flexibility index (Phi) is 5.53. The number of carbonyl (C=O) groups excluding carboxylic acids is 1. The van der Waals surface area contributed by atoms with Crippen LogP contribution in [-0.4, -0.2) is 45.8 Å². The van der Waals surface area contributed by atoms with Gasteiger partial charge in [-0.2, -0.15) is 18.3 Å². The number of aromatic nitrogens is 2. The van der Waals surface area contributed by atoms with Gasteiger partial charge in [-0.25, -0.2) is 0 Å². The van der Waals surface area contributed by atoms with E-state index in [2.05, 4.69) is 29.2 Å². The standard InChI is InChI=1S/C17H24ClF3N4O/c1-10(2)24-7-5-12(6-8-24)22-13(26)9-25-15(11-3-4-11)14(18)16(23-25)17(19,20)21/h10-12H,3-9H2,1-2H3,(H,22,26). The Labute approximate surface area is 155 Å². The highest BCUT2D eigenvalue weighted by atomic mass is 35.5. The van der Waals surface area contributed by atoms with E-state index < -0.39 is 11.9 Å². The molecule has 0 radical (unpaired) electrons. The number of hydrogen-bond donors (Lipinski definition) is 1. The smallest absolute Gasteiger partial charge is 0.352 e. The van der Waals surface area contributed by atoms with Crippen molar-refractivity contribution < 1.29 is 18.0 Å². The number of alkyl halides is 3. The van der Waals surface area contributed by atoms with Gasteiger partial charge in [0.25, 0.3) is 0 Å². The lowest BCUT2D eigenvalue weighted by molar-refractivity contribution is -0.141. The van der Waals surface area contributed by atoms with Gasteiger partial charge in [-0.05, 0) is 39.5 Å². The summed E-state index contributed by atoms with van der Waals surface area (Å²) in [6, 6.07) is 0.523. The second-order valence-corrected chi connectivity index (χ2v) is 7.83. The molecule has 26 heavy (non-hydrogen) atoms. The highest BCUT2D eigenvalue weighted by molar-refractivity contribution is 6.32. The van der Waals surface area contributed by atoms with Crippen molar-refractivity contribution in [3.05, 3.63) is 16.4 Å². The maximum absolute atomic E-state index is 13.1. The molecule has 2 aliphatic rings. The molecule has 0 bridgehead atoms. The van der Waals surface area contributed by atoms with E-state index >= 15 is 0 Å². The van der Waals surface area contributed by atoms with Crippen LogP contribution in [0.5, 0.6) is 0 Å². The third kappa shape index (κ3) is 4.34. The highest BCUT2D eigenvalue weighted by Gasteiger charge is 2.42. The predicted octanol–water partition coefficient (Wildman–Crippen LogP) is 3.42. The fourth-order valence-corrected chi connectivity index (χ4v) is 3.87. The molecule has 0 unspecified atom stereocenters. The third-order valence-electron chi connectivity index (χ3n) is 5.08. The number of hydrogen-bond acceptors (Lipinski definition) is 3. The Hall–Kier alpha value is -1.28. The van der Waals surface area contributed by atoms with E-state index in [1.165, 1.54) is 0 Å². The quantitative estimate of drug-likeness (QED) is 0.835. The van der Waals surface area contributed by atoms with E-state index in [-0.39, 0.29) is 29.4 Å². The zero-order valence-corrected chi connectivity index (χ0v) is 15.7. The van der Waals surface area contributed by atoms with Crippen molar-refractivity contribution in [2.24, 2.45) is 0 Å². The summed E-state index contributed by atoms with van der Waals surface area (Å²) in [6.07, 6.45) is -1.39. The molecule has 1 aliphatic heterocycles. The van der Waals surface area contributed by atoms with Gasteiger partial charge in [0.05, 0.1) is 10.7 Å². The lowest BCUT2D eigenvalue weighted by atomic mass is 10.0. The largest absolute Gasteiger partial charge is 0.436 e. The summed E-state index contributed by atoms with van der Waals surface area (Å²) >= 11 is 5.93. The van der Waals surface area contributed by atoms with E-state index in [4.69, 9.17) is 11.6 Å². The van der Waals surface area contributed by atoms with Crippen LogP contribution in [-0.2, 0) is 17.5 Å². The van der Waals surface area contributed by atoms with Gasteiger partial charge in [-0.3, -0.25) is 9.48 Å². The van der Waals surface area contributed by atoms with Crippen molar-refractivity contribution in [2.45, 2.75) is 70.3 Å². The lowest BCUT2D eigenvalue weighted by Gasteiger charge is -2.34. The summed E-state index contributed by atoms with van der Waals surface area (Å²) in [5, 5.41) is 6.17. The van der Waals surface area contributed by atoms with Crippen LogP contribution in [0.25, 0.3) is 0 Å². The van der Waals surface area contributed by atoms with Crippen LogP contribution in [0.3, 0.4) is 0 Å². The molecule has 1 saturated heterocycles. The van der Waals surface area contributed by atoms with Crippen LogP contribution >= 0.6 is 11.6 Å². The average Bonchev–Trinajstić information content (AvgIpc) is 3.31. The summed E-state index contributed by atoms with van der Waals surface area (Å²) in [5.41, 5.74) is -0.761. The maximum atomic E-state index is 13.1. The molecule has 1 aromatic rings. The van der Waals surface area contributed by atoms with E-state index in [1.54, 1.807) is 0 Å². The Morgan fingerprint density at radius 3 is 2.38 bits per heavy atom. The van der Waals surface area contributed by atoms with Crippen LogP contribution in [0.4, 0.5) is 13.2 Å². The number of likely N-dealkylation sites (tertiary alicyclic amines) is 1. The molecule has 2 heterocycles. The first-order valence-electron chi connectivity index (χ1n) is 9.03. The fraction of sp³-hybridized carbons (Fsp3) is 0.765.